The van der Waals surface area contributed by atoms with Gasteiger partial charge in [-0.2, -0.15) is 0 Å². The van der Waals surface area contributed by atoms with Crippen LogP contribution in [-0.4, -0.2) is 25.2 Å². The largest absolute Gasteiger partial charge is 0.381 e. The molecule has 0 aromatic heterocycles. The Balaban J connectivity index is 1.75. The molecule has 0 radical (unpaired) electrons. The third-order valence-corrected chi connectivity index (χ3v) is 3.29. The molecule has 14 heavy (non-hydrogen) atoms. The first-order chi connectivity index (χ1) is 6.86. The lowest BCUT2D eigenvalue weighted by atomic mass is 9.99. The van der Waals surface area contributed by atoms with Gasteiger partial charge >= 0.3 is 0 Å². The Morgan fingerprint density at radius 1 is 1.07 bits per heavy atom. The Morgan fingerprint density at radius 3 is 2.36 bits per heavy atom. The van der Waals surface area contributed by atoms with Gasteiger partial charge < -0.3 is 10.1 Å². The summed E-state index contributed by atoms with van der Waals surface area (Å²) >= 11 is 0. The second-order valence-corrected chi connectivity index (χ2v) is 4.38. The minimum atomic E-state index is 0.212. The van der Waals surface area contributed by atoms with Crippen molar-refractivity contribution in [2.75, 3.05) is 13.2 Å². The van der Waals surface area contributed by atoms with Crippen LogP contribution in [0, 0.1) is 5.92 Å². The summed E-state index contributed by atoms with van der Waals surface area (Å²) < 4.78 is 5.24. The Hall–Kier alpha value is -0.570. The van der Waals surface area contributed by atoms with Crippen molar-refractivity contribution < 1.29 is 9.53 Å². The number of hydrogen-bond acceptors (Lipinski definition) is 2. The molecular formula is C11H19NO2. The van der Waals surface area contributed by atoms with E-state index in [2.05, 4.69) is 5.32 Å². The molecule has 0 unspecified atom stereocenters. The molecule has 0 aromatic carbocycles. The fourth-order valence-electron chi connectivity index (χ4n) is 2.35. The van der Waals surface area contributed by atoms with Crippen molar-refractivity contribution in [3.8, 4) is 0 Å². The summed E-state index contributed by atoms with van der Waals surface area (Å²) in [5.41, 5.74) is 0. The van der Waals surface area contributed by atoms with Crippen LogP contribution in [0.25, 0.3) is 0 Å². The molecule has 1 heterocycles. The first-order valence-corrected chi connectivity index (χ1v) is 5.74. The molecule has 3 heteroatoms. The highest BCUT2D eigenvalue weighted by Crippen LogP contribution is 2.20. The third-order valence-electron chi connectivity index (χ3n) is 3.29. The molecule has 0 bridgehead atoms. The molecule has 1 N–H and O–H groups in total. The van der Waals surface area contributed by atoms with E-state index in [1.165, 1.54) is 25.7 Å². The van der Waals surface area contributed by atoms with E-state index in [0.29, 0.717) is 6.04 Å². The second-order valence-electron chi connectivity index (χ2n) is 4.38. The lowest BCUT2D eigenvalue weighted by Crippen LogP contribution is -2.39. The van der Waals surface area contributed by atoms with Gasteiger partial charge in [0, 0.05) is 25.2 Å². The number of carbonyl (C=O) groups is 1. The van der Waals surface area contributed by atoms with Crippen LogP contribution in [0.2, 0.25) is 0 Å². The van der Waals surface area contributed by atoms with Gasteiger partial charge in [-0.25, -0.2) is 0 Å². The number of nitrogens with one attached hydrogen (secondary N) is 1. The minimum Gasteiger partial charge on any atom is -0.381 e. The van der Waals surface area contributed by atoms with Crippen molar-refractivity contribution in [2.24, 2.45) is 5.92 Å². The number of amides is 1. The lowest BCUT2D eigenvalue weighted by molar-refractivity contribution is -0.128. The highest BCUT2D eigenvalue weighted by Gasteiger charge is 2.24. The Kier molecular flexibility index (Phi) is 3.40. The van der Waals surface area contributed by atoms with Gasteiger partial charge in [0.05, 0.1) is 0 Å². The standard InChI is InChI=1S/C11H19NO2/c13-11(9-5-7-14-8-6-9)12-10-3-1-2-4-10/h9-10H,1-8H2,(H,12,13). The number of ether oxygens (including phenoxy) is 1. The summed E-state index contributed by atoms with van der Waals surface area (Å²) in [7, 11) is 0. The average molecular weight is 197 g/mol. The predicted molar refractivity (Wildman–Crippen MR) is 53.9 cm³/mol. The summed E-state index contributed by atoms with van der Waals surface area (Å²) in [5.74, 6) is 0.476. The molecule has 2 fully saturated rings. The monoisotopic (exact) mass is 197 g/mol. The molecule has 1 saturated carbocycles. The van der Waals surface area contributed by atoms with E-state index in [1.807, 2.05) is 0 Å². The van der Waals surface area contributed by atoms with Gasteiger partial charge in [-0.05, 0) is 25.7 Å². The Bertz CT molecular complexity index is 193. The fraction of sp³-hybridized carbons (Fsp3) is 0.909. The maximum absolute atomic E-state index is 11.8. The van der Waals surface area contributed by atoms with E-state index >= 15 is 0 Å². The van der Waals surface area contributed by atoms with Crippen LogP contribution in [0.3, 0.4) is 0 Å². The predicted octanol–water partition coefficient (Wildman–Crippen LogP) is 1.47. The van der Waals surface area contributed by atoms with Crippen LogP contribution in [0.5, 0.6) is 0 Å². The zero-order valence-electron chi connectivity index (χ0n) is 8.63. The third kappa shape index (κ3) is 2.47. The number of carbonyl (C=O) groups excluding carboxylic acids is 1. The van der Waals surface area contributed by atoms with Crippen LogP contribution in [-0.2, 0) is 9.53 Å². The lowest BCUT2D eigenvalue weighted by Gasteiger charge is -2.23. The number of rotatable bonds is 2. The van der Waals surface area contributed by atoms with Gasteiger partial charge in [-0.1, -0.05) is 12.8 Å². The van der Waals surface area contributed by atoms with Gasteiger partial charge in [0.25, 0.3) is 0 Å². The van der Waals surface area contributed by atoms with Gasteiger partial charge in [0.15, 0.2) is 0 Å². The molecule has 1 aliphatic heterocycles. The molecular weight excluding hydrogens is 178 g/mol. The van der Waals surface area contributed by atoms with Crippen LogP contribution in [0.15, 0.2) is 0 Å². The van der Waals surface area contributed by atoms with E-state index in [-0.39, 0.29) is 11.8 Å². The van der Waals surface area contributed by atoms with E-state index in [4.69, 9.17) is 4.74 Å². The highest BCUT2D eigenvalue weighted by molar-refractivity contribution is 5.79. The zero-order chi connectivity index (χ0) is 9.80. The first kappa shape index (κ1) is 9.97. The molecule has 3 nitrogen and oxygen atoms in total. The Morgan fingerprint density at radius 2 is 1.71 bits per heavy atom. The maximum atomic E-state index is 11.8. The van der Waals surface area contributed by atoms with Crippen molar-refractivity contribution in [3.05, 3.63) is 0 Å². The summed E-state index contributed by atoms with van der Waals surface area (Å²) in [4.78, 5) is 11.8. The molecule has 1 aliphatic carbocycles. The summed E-state index contributed by atoms with van der Waals surface area (Å²) in [5, 5.41) is 3.15. The molecule has 0 spiro atoms. The Labute approximate surface area is 85.2 Å². The van der Waals surface area contributed by atoms with Gasteiger partial charge in [-0.15, -0.1) is 0 Å². The maximum Gasteiger partial charge on any atom is 0.223 e. The van der Waals surface area contributed by atoms with Crippen molar-refractivity contribution in [1.29, 1.82) is 0 Å². The molecule has 2 aliphatic rings. The topological polar surface area (TPSA) is 38.3 Å². The number of hydrogen-bond donors (Lipinski definition) is 1. The average Bonchev–Trinajstić information content (AvgIpc) is 2.72. The minimum absolute atomic E-state index is 0.212. The summed E-state index contributed by atoms with van der Waals surface area (Å²) in [6.07, 6.45) is 6.71. The molecule has 80 valence electrons. The van der Waals surface area contributed by atoms with Crippen molar-refractivity contribution in [1.82, 2.24) is 5.32 Å². The van der Waals surface area contributed by atoms with Crippen LogP contribution >= 0.6 is 0 Å². The summed E-state index contributed by atoms with van der Waals surface area (Å²) in [6, 6.07) is 0.463. The zero-order valence-corrected chi connectivity index (χ0v) is 8.63. The van der Waals surface area contributed by atoms with E-state index in [0.717, 1.165) is 26.1 Å². The molecule has 2 rings (SSSR count). The first-order valence-electron chi connectivity index (χ1n) is 5.74. The SMILES string of the molecule is O=C(NC1CCCC1)C1CCOCC1. The normalized spacial score (nSPS) is 25.1. The smallest absolute Gasteiger partial charge is 0.223 e. The fourth-order valence-corrected chi connectivity index (χ4v) is 2.35. The van der Waals surface area contributed by atoms with Crippen molar-refractivity contribution >= 4 is 5.91 Å². The highest BCUT2D eigenvalue weighted by atomic mass is 16.5. The molecule has 0 atom stereocenters. The van der Waals surface area contributed by atoms with Crippen LogP contribution in [0.4, 0.5) is 0 Å². The summed E-state index contributed by atoms with van der Waals surface area (Å²) in [6.45, 7) is 1.51. The van der Waals surface area contributed by atoms with E-state index < -0.39 is 0 Å². The van der Waals surface area contributed by atoms with E-state index in [1.54, 1.807) is 0 Å². The van der Waals surface area contributed by atoms with E-state index in [9.17, 15) is 4.79 Å². The van der Waals surface area contributed by atoms with Gasteiger partial charge in [0.1, 0.15) is 0 Å². The van der Waals surface area contributed by atoms with Crippen LogP contribution < -0.4 is 5.32 Å². The molecule has 0 aromatic rings. The van der Waals surface area contributed by atoms with Gasteiger partial charge in [-0.3, -0.25) is 4.79 Å². The quantitative estimate of drug-likeness (QED) is 0.728. The van der Waals surface area contributed by atoms with Crippen LogP contribution in [0.1, 0.15) is 38.5 Å². The van der Waals surface area contributed by atoms with Crippen molar-refractivity contribution in [2.45, 2.75) is 44.6 Å². The van der Waals surface area contributed by atoms with Gasteiger partial charge in [0.2, 0.25) is 5.91 Å². The second kappa shape index (κ2) is 4.78. The van der Waals surface area contributed by atoms with Crippen molar-refractivity contribution in [3.63, 3.8) is 0 Å². The molecule has 1 saturated heterocycles. The molecule has 1 amide bonds.